The van der Waals surface area contributed by atoms with Gasteiger partial charge in [0, 0.05) is 16.2 Å². The highest BCUT2D eigenvalue weighted by Crippen LogP contribution is 2.24. The lowest BCUT2D eigenvalue weighted by molar-refractivity contribution is -0.141. The van der Waals surface area contributed by atoms with Crippen LogP contribution in [0.2, 0.25) is 0 Å². The van der Waals surface area contributed by atoms with Crippen molar-refractivity contribution in [3.05, 3.63) is 22.3 Å². The molecule has 1 unspecified atom stereocenters. The monoisotopic (exact) mass is 315 g/mol. The molecular formula is C13H18BrNO3. The molecule has 1 aliphatic rings. The normalized spacial score (nSPS) is 22.1. The Morgan fingerprint density at radius 1 is 1.56 bits per heavy atom. The molecule has 4 nitrogen and oxygen atoms in total. The van der Waals surface area contributed by atoms with Crippen LogP contribution in [0.15, 0.2) is 16.7 Å². The number of hydrogen-bond acceptors (Lipinski definition) is 4. The van der Waals surface area contributed by atoms with Crippen LogP contribution < -0.4 is 4.74 Å². The summed E-state index contributed by atoms with van der Waals surface area (Å²) in [6, 6.07) is 2.03. The molecule has 1 atom stereocenters. The van der Waals surface area contributed by atoms with E-state index in [4.69, 9.17) is 14.2 Å². The Balaban J connectivity index is 1.94. The molecule has 0 bridgehead atoms. The number of pyridine rings is 1. The maximum atomic E-state index is 5.72. The Labute approximate surface area is 116 Å². The smallest absolute Gasteiger partial charge is 0.216 e. The quantitative estimate of drug-likeness (QED) is 0.856. The van der Waals surface area contributed by atoms with E-state index in [1.807, 2.05) is 19.9 Å². The molecule has 0 N–H and O–H groups in total. The molecule has 1 aromatic rings. The Bertz CT molecular complexity index is 423. The van der Waals surface area contributed by atoms with Crippen LogP contribution in [0, 0.1) is 0 Å². The van der Waals surface area contributed by atoms with Gasteiger partial charge in [0.15, 0.2) is 5.79 Å². The van der Waals surface area contributed by atoms with Crippen LogP contribution in [0.25, 0.3) is 0 Å². The number of aryl methyl sites for hydroxylation is 1. The fourth-order valence-electron chi connectivity index (χ4n) is 1.87. The molecule has 5 heteroatoms. The van der Waals surface area contributed by atoms with Crippen LogP contribution >= 0.6 is 15.9 Å². The summed E-state index contributed by atoms with van der Waals surface area (Å²) in [5.74, 6) is 0.170. The fraction of sp³-hybridized carbons (Fsp3) is 0.615. The average molecular weight is 316 g/mol. The summed E-state index contributed by atoms with van der Waals surface area (Å²) in [5.41, 5.74) is 1.09. The largest absolute Gasteiger partial charge is 0.475 e. The van der Waals surface area contributed by atoms with Gasteiger partial charge < -0.3 is 14.2 Å². The van der Waals surface area contributed by atoms with Crippen molar-refractivity contribution in [3.63, 3.8) is 0 Å². The summed E-state index contributed by atoms with van der Waals surface area (Å²) in [5, 5.41) is 0. The Morgan fingerprint density at radius 3 is 2.94 bits per heavy atom. The maximum absolute atomic E-state index is 5.72. The number of ether oxygens (including phenoxy) is 3. The van der Waals surface area contributed by atoms with E-state index in [-0.39, 0.29) is 6.10 Å². The topological polar surface area (TPSA) is 40.6 Å². The fourth-order valence-corrected chi connectivity index (χ4v) is 2.25. The molecule has 0 aromatic carbocycles. The molecule has 1 fully saturated rings. The number of hydrogen-bond donors (Lipinski definition) is 0. The molecule has 0 aliphatic carbocycles. The third-order valence-electron chi connectivity index (χ3n) is 2.75. The van der Waals surface area contributed by atoms with Crippen LogP contribution in [-0.2, 0) is 15.9 Å². The standard InChI is InChI=1S/C13H18BrNO3/c1-4-9-5-10(14)6-15-12(9)16-7-11-8-17-13(2,3)18-11/h5-6,11H,4,7-8H2,1-3H3. The van der Waals surface area contributed by atoms with Crippen LogP contribution in [0.3, 0.4) is 0 Å². The summed E-state index contributed by atoms with van der Waals surface area (Å²) < 4.78 is 17.9. The van der Waals surface area contributed by atoms with Crippen molar-refractivity contribution < 1.29 is 14.2 Å². The predicted molar refractivity (Wildman–Crippen MR) is 71.7 cm³/mol. The van der Waals surface area contributed by atoms with E-state index in [9.17, 15) is 0 Å². The summed E-state index contributed by atoms with van der Waals surface area (Å²) >= 11 is 3.41. The van der Waals surface area contributed by atoms with Crippen molar-refractivity contribution in [1.82, 2.24) is 4.98 Å². The van der Waals surface area contributed by atoms with Gasteiger partial charge in [-0.2, -0.15) is 0 Å². The third-order valence-corrected chi connectivity index (χ3v) is 3.18. The Morgan fingerprint density at radius 2 is 2.33 bits per heavy atom. The van der Waals surface area contributed by atoms with Crippen molar-refractivity contribution in [2.45, 2.75) is 39.1 Å². The second kappa shape index (κ2) is 5.55. The van der Waals surface area contributed by atoms with Gasteiger partial charge in [0.25, 0.3) is 0 Å². The lowest BCUT2D eigenvalue weighted by atomic mass is 10.2. The van der Waals surface area contributed by atoms with Crippen LogP contribution in [0.4, 0.5) is 0 Å². The first-order chi connectivity index (χ1) is 8.50. The molecule has 100 valence electrons. The van der Waals surface area contributed by atoms with Gasteiger partial charge >= 0.3 is 0 Å². The van der Waals surface area contributed by atoms with E-state index >= 15 is 0 Å². The molecule has 0 radical (unpaired) electrons. The lowest BCUT2D eigenvalue weighted by Crippen LogP contribution is -2.25. The van der Waals surface area contributed by atoms with E-state index in [0.717, 1.165) is 16.5 Å². The number of nitrogens with zero attached hydrogens (tertiary/aromatic N) is 1. The van der Waals surface area contributed by atoms with E-state index in [2.05, 4.69) is 27.8 Å². The molecule has 1 aliphatic heterocycles. The molecule has 0 saturated carbocycles. The van der Waals surface area contributed by atoms with Gasteiger partial charge in [-0.25, -0.2) is 4.98 Å². The molecular weight excluding hydrogens is 298 g/mol. The first-order valence-corrected chi connectivity index (χ1v) is 6.88. The summed E-state index contributed by atoms with van der Waals surface area (Å²) in [7, 11) is 0. The Kier molecular flexibility index (Phi) is 4.25. The average Bonchev–Trinajstić information content (AvgIpc) is 2.67. The van der Waals surface area contributed by atoms with E-state index in [1.54, 1.807) is 6.20 Å². The number of halogens is 1. The minimum Gasteiger partial charge on any atom is -0.475 e. The summed E-state index contributed by atoms with van der Waals surface area (Å²) in [6.45, 7) is 6.91. The molecule has 2 heterocycles. The maximum Gasteiger partial charge on any atom is 0.216 e. The van der Waals surface area contributed by atoms with Gasteiger partial charge in [-0.3, -0.25) is 0 Å². The summed E-state index contributed by atoms with van der Waals surface area (Å²) in [6.07, 6.45) is 2.59. The van der Waals surface area contributed by atoms with Crippen molar-refractivity contribution >= 4 is 15.9 Å². The zero-order valence-electron chi connectivity index (χ0n) is 10.9. The van der Waals surface area contributed by atoms with Crippen LogP contribution in [0.5, 0.6) is 5.88 Å². The van der Waals surface area contributed by atoms with E-state index in [1.165, 1.54) is 0 Å². The molecule has 0 spiro atoms. The molecule has 2 rings (SSSR count). The van der Waals surface area contributed by atoms with Gasteiger partial charge in [0.05, 0.1) is 6.61 Å². The molecule has 1 saturated heterocycles. The van der Waals surface area contributed by atoms with Crippen LogP contribution in [-0.4, -0.2) is 30.1 Å². The molecule has 1 aromatic heterocycles. The lowest BCUT2D eigenvalue weighted by Gasteiger charge is -2.17. The number of rotatable bonds is 4. The SMILES string of the molecule is CCc1cc(Br)cnc1OCC1COC(C)(C)O1. The van der Waals surface area contributed by atoms with E-state index < -0.39 is 5.79 Å². The zero-order valence-corrected chi connectivity index (χ0v) is 12.5. The first kappa shape index (κ1) is 13.8. The second-order valence-electron chi connectivity index (χ2n) is 4.73. The summed E-state index contributed by atoms with van der Waals surface area (Å²) in [4.78, 5) is 4.28. The van der Waals surface area contributed by atoms with Gasteiger partial charge in [0.1, 0.15) is 12.7 Å². The van der Waals surface area contributed by atoms with Crippen LogP contribution in [0.1, 0.15) is 26.3 Å². The van der Waals surface area contributed by atoms with Gasteiger partial charge in [-0.1, -0.05) is 6.92 Å². The van der Waals surface area contributed by atoms with Crippen molar-refractivity contribution in [3.8, 4) is 5.88 Å². The van der Waals surface area contributed by atoms with Crippen molar-refractivity contribution in [2.75, 3.05) is 13.2 Å². The highest BCUT2D eigenvalue weighted by atomic mass is 79.9. The minimum absolute atomic E-state index is 0.0323. The highest BCUT2D eigenvalue weighted by Gasteiger charge is 2.33. The first-order valence-electron chi connectivity index (χ1n) is 6.09. The minimum atomic E-state index is -0.505. The molecule has 18 heavy (non-hydrogen) atoms. The van der Waals surface area contributed by atoms with Crippen molar-refractivity contribution in [1.29, 1.82) is 0 Å². The zero-order chi connectivity index (χ0) is 13.2. The second-order valence-corrected chi connectivity index (χ2v) is 5.65. The Hall–Kier alpha value is -0.650. The van der Waals surface area contributed by atoms with Gasteiger partial charge in [-0.05, 0) is 42.3 Å². The predicted octanol–water partition coefficient (Wildman–Crippen LogP) is 2.94. The highest BCUT2D eigenvalue weighted by molar-refractivity contribution is 9.10. The van der Waals surface area contributed by atoms with E-state index in [0.29, 0.717) is 19.1 Å². The van der Waals surface area contributed by atoms with Gasteiger partial charge in [0.2, 0.25) is 5.88 Å². The number of aromatic nitrogens is 1. The van der Waals surface area contributed by atoms with Crippen molar-refractivity contribution in [2.24, 2.45) is 0 Å². The van der Waals surface area contributed by atoms with Gasteiger partial charge in [-0.15, -0.1) is 0 Å². The third kappa shape index (κ3) is 3.43. The molecule has 0 amide bonds.